The maximum absolute atomic E-state index is 12.1. The number of fused-ring (bicyclic) bond motifs is 1. The van der Waals surface area contributed by atoms with Crippen LogP contribution < -0.4 is 0 Å². The van der Waals surface area contributed by atoms with Gasteiger partial charge in [-0.3, -0.25) is 4.18 Å². The molecule has 0 aromatic rings. The second-order valence-corrected chi connectivity index (χ2v) is 7.04. The van der Waals surface area contributed by atoms with Crippen molar-refractivity contribution in [3.05, 3.63) is 0 Å². The third-order valence-electron chi connectivity index (χ3n) is 3.12. The fourth-order valence-electron chi connectivity index (χ4n) is 2.28. The molecular formula is C12H22N2O4S. The maximum atomic E-state index is 12.1. The maximum Gasteiger partial charge on any atom is 0.410 e. The van der Waals surface area contributed by atoms with Crippen LogP contribution in [0.2, 0.25) is 0 Å². The van der Waals surface area contributed by atoms with Gasteiger partial charge in [0.25, 0.3) is 0 Å². The lowest BCUT2D eigenvalue weighted by Crippen LogP contribution is -2.48. The van der Waals surface area contributed by atoms with E-state index in [1.165, 1.54) is 0 Å². The molecular weight excluding hydrogens is 268 g/mol. The highest BCUT2D eigenvalue weighted by molar-refractivity contribution is 7.77. The van der Waals surface area contributed by atoms with Crippen molar-refractivity contribution in [1.82, 2.24) is 9.21 Å². The summed E-state index contributed by atoms with van der Waals surface area (Å²) in [6.45, 7) is 7.95. The van der Waals surface area contributed by atoms with Gasteiger partial charge >= 0.3 is 6.09 Å². The molecule has 0 aliphatic carbocycles. The van der Waals surface area contributed by atoms with Crippen molar-refractivity contribution in [3.8, 4) is 0 Å². The van der Waals surface area contributed by atoms with Gasteiger partial charge in [0.05, 0.1) is 6.61 Å². The number of carbonyl (C=O) groups excluding carboxylic acids is 1. The molecule has 2 rings (SSSR count). The standard InChI is InChI=1S/C12H22N2O4S/c1-12(2,3)18-11(15)13-6-4-7-14-10(9-13)5-8-17-19(14)16/h10H,4-9H2,1-3H3. The SMILES string of the molecule is CC(C)(C)OC(=O)N1CCCN2C(CCOS2=O)C1. The van der Waals surface area contributed by atoms with Crippen LogP contribution in [0.4, 0.5) is 4.79 Å². The van der Waals surface area contributed by atoms with Gasteiger partial charge in [-0.05, 0) is 33.6 Å². The van der Waals surface area contributed by atoms with E-state index in [9.17, 15) is 9.00 Å². The number of hydrogen-bond donors (Lipinski definition) is 0. The van der Waals surface area contributed by atoms with Crippen molar-refractivity contribution in [2.75, 3.05) is 26.2 Å². The van der Waals surface area contributed by atoms with Gasteiger partial charge in [0.1, 0.15) is 5.60 Å². The van der Waals surface area contributed by atoms with Crippen molar-refractivity contribution in [1.29, 1.82) is 0 Å². The molecule has 2 fully saturated rings. The quantitative estimate of drug-likeness (QED) is 0.674. The van der Waals surface area contributed by atoms with Gasteiger partial charge in [-0.2, -0.15) is 4.31 Å². The van der Waals surface area contributed by atoms with E-state index in [1.807, 2.05) is 25.1 Å². The van der Waals surface area contributed by atoms with E-state index in [-0.39, 0.29) is 12.1 Å². The minimum absolute atomic E-state index is 0.101. The first-order chi connectivity index (χ1) is 8.87. The fourth-order valence-corrected chi connectivity index (χ4v) is 3.35. The van der Waals surface area contributed by atoms with Gasteiger partial charge in [-0.1, -0.05) is 0 Å². The molecule has 0 radical (unpaired) electrons. The lowest BCUT2D eigenvalue weighted by molar-refractivity contribution is 0.0230. The molecule has 6 nitrogen and oxygen atoms in total. The Morgan fingerprint density at radius 2 is 2.11 bits per heavy atom. The highest BCUT2D eigenvalue weighted by Crippen LogP contribution is 2.21. The Labute approximate surface area is 116 Å². The van der Waals surface area contributed by atoms with Crippen LogP contribution >= 0.6 is 0 Å². The van der Waals surface area contributed by atoms with Crippen molar-refractivity contribution in [2.24, 2.45) is 0 Å². The summed E-state index contributed by atoms with van der Waals surface area (Å²) in [6, 6.07) is 0.101. The van der Waals surface area contributed by atoms with Gasteiger partial charge in [-0.15, -0.1) is 0 Å². The van der Waals surface area contributed by atoms with Crippen molar-refractivity contribution < 1.29 is 17.9 Å². The minimum atomic E-state index is -1.36. The molecule has 0 saturated carbocycles. The average molecular weight is 290 g/mol. The summed E-state index contributed by atoms with van der Waals surface area (Å²) >= 11 is -1.36. The van der Waals surface area contributed by atoms with Gasteiger partial charge in [0.2, 0.25) is 11.3 Å². The van der Waals surface area contributed by atoms with Crippen LogP contribution in [0.15, 0.2) is 0 Å². The summed E-state index contributed by atoms with van der Waals surface area (Å²) < 4.78 is 24.2. The molecule has 19 heavy (non-hydrogen) atoms. The van der Waals surface area contributed by atoms with Crippen molar-refractivity contribution >= 4 is 17.4 Å². The molecule has 2 atom stereocenters. The molecule has 0 bridgehead atoms. The zero-order chi connectivity index (χ0) is 14.0. The molecule has 2 aliphatic heterocycles. The van der Waals surface area contributed by atoms with E-state index >= 15 is 0 Å². The third-order valence-corrected chi connectivity index (χ3v) is 4.36. The summed E-state index contributed by atoms with van der Waals surface area (Å²) in [6.07, 6.45) is 1.29. The van der Waals surface area contributed by atoms with Crippen LogP contribution in [0, 0.1) is 0 Å². The smallest absolute Gasteiger partial charge is 0.410 e. The molecule has 0 aromatic carbocycles. The lowest BCUT2D eigenvalue weighted by Gasteiger charge is -2.33. The second-order valence-electron chi connectivity index (χ2n) is 5.90. The number of hydrogen-bond acceptors (Lipinski definition) is 4. The Hall–Kier alpha value is -0.660. The lowest BCUT2D eigenvalue weighted by atomic mass is 10.2. The summed E-state index contributed by atoms with van der Waals surface area (Å²) in [5, 5.41) is 0. The van der Waals surface area contributed by atoms with Crippen molar-refractivity contribution in [3.63, 3.8) is 0 Å². The molecule has 2 heterocycles. The van der Waals surface area contributed by atoms with E-state index in [0.717, 1.165) is 12.8 Å². The predicted molar refractivity (Wildman–Crippen MR) is 71.6 cm³/mol. The third kappa shape index (κ3) is 3.90. The highest BCUT2D eigenvalue weighted by atomic mass is 32.2. The topological polar surface area (TPSA) is 59.1 Å². The van der Waals surface area contributed by atoms with Crippen LogP contribution in [-0.4, -0.2) is 57.4 Å². The molecule has 1 amide bonds. The van der Waals surface area contributed by atoms with Crippen LogP contribution in [0.1, 0.15) is 33.6 Å². The molecule has 2 unspecified atom stereocenters. The number of ether oxygens (including phenoxy) is 1. The van der Waals surface area contributed by atoms with E-state index in [1.54, 1.807) is 4.90 Å². The molecule has 2 saturated heterocycles. The average Bonchev–Trinajstić information content (AvgIpc) is 2.50. The van der Waals surface area contributed by atoms with Gasteiger partial charge in [0.15, 0.2) is 0 Å². The summed E-state index contributed by atoms with van der Waals surface area (Å²) in [5.74, 6) is 0. The Balaban J connectivity index is 2.00. The van der Waals surface area contributed by atoms with Crippen LogP contribution in [0.5, 0.6) is 0 Å². The summed E-state index contributed by atoms with van der Waals surface area (Å²) in [7, 11) is 0. The normalized spacial score (nSPS) is 29.5. The zero-order valence-electron chi connectivity index (χ0n) is 11.8. The first-order valence-corrected chi connectivity index (χ1v) is 7.70. The largest absolute Gasteiger partial charge is 0.444 e. The first kappa shape index (κ1) is 14.7. The van der Waals surface area contributed by atoms with E-state index < -0.39 is 16.9 Å². The number of carbonyl (C=O) groups is 1. The predicted octanol–water partition coefficient (Wildman–Crippen LogP) is 1.30. The number of nitrogens with zero attached hydrogens (tertiary/aromatic N) is 2. The summed E-state index contributed by atoms with van der Waals surface area (Å²) in [5.41, 5.74) is -0.485. The molecule has 7 heteroatoms. The highest BCUT2D eigenvalue weighted by Gasteiger charge is 2.35. The van der Waals surface area contributed by atoms with Crippen LogP contribution in [-0.2, 0) is 20.2 Å². The first-order valence-electron chi connectivity index (χ1n) is 6.66. The molecule has 0 spiro atoms. The van der Waals surface area contributed by atoms with E-state index in [0.29, 0.717) is 26.2 Å². The van der Waals surface area contributed by atoms with Crippen molar-refractivity contribution in [2.45, 2.75) is 45.3 Å². The van der Waals surface area contributed by atoms with E-state index in [2.05, 4.69) is 0 Å². The number of rotatable bonds is 0. The Morgan fingerprint density at radius 3 is 2.79 bits per heavy atom. The molecule has 0 aromatic heterocycles. The van der Waals surface area contributed by atoms with Crippen LogP contribution in [0.3, 0.4) is 0 Å². The molecule has 110 valence electrons. The Bertz CT molecular complexity index is 369. The monoisotopic (exact) mass is 290 g/mol. The zero-order valence-corrected chi connectivity index (χ0v) is 12.6. The minimum Gasteiger partial charge on any atom is -0.444 e. The van der Waals surface area contributed by atoms with Crippen LogP contribution in [0.25, 0.3) is 0 Å². The molecule has 2 aliphatic rings. The number of amides is 1. The van der Waals surface area contributed by atoms with Gasteiger partial charge in [-0.25, -0.2) is 9.00 Å². The second kappa shape index (κ2) is 5.76. The Morgan fingerprint density at radius 1 is 1.37 bits per heavy atom. The molecule has 0 N–H and O–H groups in total. The van der Waals surface area contributed by atoms with Gasteiger partial charge in [0, 0.05) is 25.7 Å². The van der Waals surface area contributed by atoms with E-state index in [4.69, 9.17) is 8.92 Å². The van der Waals surface area contributed by atoms with Gasteiger partial charge < -0.3 is 9.64 Å². The summed E-state index contributed by atoms with van der Waals surface area (Å²) in [4.78, 5) is 13.8. The Kier molecular flexibility index (Phi) is 4.47. The fraction of sp³-hybridized carbons (Fsp3) is 0.917.